The van der Waals surface area contributed by atoms with Crippen molar-refractivity contribution in [2.24, 2.45) is 0 Å². The molecule has 0 aliphatic carbocycles. The summed E-state index contributed by atoms with van der Waals surface area (Å²) in [4.78, 5) is 7.82. The third-order valence-electron chi connectivity index (χ3n) is 5.83. The molecule has 29 heavy (non-hydrogen) atoms. The number of hydrogen-bond acceptors (Lipinski definition) is 2. The van der Waals surface area contributed by atoms with E-state index in [1.54, 1.807) is 0 Å². The van der Waals surface area contributed by atoms with Gasteiger partial charge in [0.25, 0.3) is 0 Å². The Kier molecular flexibility index (Phi) is 4.83. The van der Waals surface area contributed by atoms with E-state index < -0.39 is 0 Å². The van der Waals surface area contributed by atoms with Gasteiger partial charge in [-0.2, -0.15) is 0 Å². The summed E-state index contributed by atoms with van der Waals surface area (Å²) >= 11 is 0. The van der Waals surface area contributed by atoms with Crippen LogP contribution in [0.5, 0.6) is 0 Å². The average molecular weight is 384 g/mol. The van der Waals surface area contributed by atoms with Crippen LogP contribution >= 0.6 is 0 Å². The highest BCUT2D eigenvalue weighted by Gasteiger charge is 2.16. The van der Waals surface area contributed by atoms with Gasteiger partial charge in [-0.1, -0.05) is 30.3 Å². The Labute approximate surface area is 173 Å². The number of benzene rings is 3. The second-order valence-electron chi connectivity index (χ2n) is 8.17. The minimum Gasteiger partial charge on any atom is -0.378 e. The smallest absolute Gasteiger partial charge is 0.0465 e. The molecule has 1 heterocycles. The lowest BCUT2D eigenvalue weighted by atomic mass is 9.90. The van der Waals surface area contributed by atoms with E-state index in [1.807, 2.05) is 0 Å². The first-order valence-electron chi connectivity index (χ1n) is 10.0. The van der Waals surface area contributed by atoms with Crippen molar-refractivity contribution < 1.29 is 0 Å². The van der Waals surface area contributed by atoms with Gasteiger partial charge in [-0.25, -0.2) is 0 Å². The minimum atomic E-state index is 1.19. The van der Waals surface area contributed by atoms with E-state index in [9.17, 15) is 0 Å². The van der Waals surface area contributed by atoms with E-state index in [0.717, 1.165) is 0 Å². The van der Waals surface area contributed by atoms with Crippen molar-refractivity contribution in [2.45, 2.75) is 13.8 Å². The van der Waals surface area contributed by atoms with Crippen molar-refractivity contribution in [1.29, 1.82) is 0 Å². The number of nitrogens with one attached hydrogen (secondary N) is 1. The first kappa shape index (κ1) is 19.1. The first-order valence-corrected chi connectivity index (χ1v) is 10.0. The Morgan fingerprint density at radius 2 is 1.14 bits per heavy atom. The number of aryl methyl sites for hydroxylation is 2. The van der Waals surface area contributed by atoms with Crippen LogP contribution < -0.4 is 9.80 Å². The summed E-state index contributed by atoms with van der Waals surface area (Å²) < 4.78 is 0. The Balaban J connectivity index is 1.97. The van der Waals surface area contributed by atoms with Gasteiger partial charge in [-0.15, -0.1) is 0 Å². The van der Waals surface area contributed by atoms with Gasteiger partial charge in [-0.05, 0) is 72.0 Å². The summed E-state index contributed by atoms with van der Waals surface area (Å²) in [6, 6.07) is 22.2. The Bertz CT molecular complexity index is 1150. The highest BCUT2D eigenvalue weighted by atomic mass is 15.1. The van der Waals surface area contributed by atoms with Crippen LogP contribution in [0.1, 0.15) is 11.3 Å². The molecule has 0 unspecified atom stereocenters. The number of H-pyrrole nitrogens is 1. The second-order valence-corrected chi connectivity index (χ2v) is 8.17. The lowest BCUT2D eigenvalue weighted by Gasteiger charge is -2.17. The van der Waals surface area contributed by atoms with Crippen molar-refractivity contribution in [2.75, 3.05) is 38.0 Å². The van der Waals surface area contributed by atoms with E-state index >= 15 is 0 Å². The van der Waals surface area contributed by atoms with Gasteiger partial charge in [-0.3, -0.25) is 0 Å². The minimum absolute atomic E-state index is 1.19. The molecule has 148 valence electrons. The number of rotatable bonds is 4. The maximum atomic E-state index is 3.55. The number of hydrogen-bond donors (Lipinski definition) is 1. The van der Waals surface area contributed by atoms with Gasteiger partial charge in [0.05, 0.1) is 0 Å². The molecule has 0 bridgehead atoms. The predicted molar refractivity (Wildman–Crippen MR) is 127 cm³/mol. The Morgan fingerprint density at radius 1 is 0.621 bits per heavy atom. The molecular formula is C26H29N3. The molecule has 4 rings (SSSR count). The van der Waals surface area contributed by atoms with Crippen LogP contribution in [0.4, 0.5) is 11.4 Å². The summed E-state index contributed by atoms with van der Waals surface area (Å²) in [5.74, 6) is 0. The van der Waals surface area contributed by atoms with Gasteiger partial charge in [0, 0.05) is 56.2 Å². The fourth-order valence-electron chi connectivity index (χ4n) is 3.99. The van der Waals surface area contributed by atoms with Crippen LogP contribution in [-0.2, 0) is 0 Å². The van der Waals surface area contributed by atoms with Crippen LogP contribution in [0.25, 0.3) is 33.2 Å². The van der Waals surface area contributed by atoms with Gasteiger partial charge >= 0.3 is 0 Å². The second kappa shape index (κ2) is 7.32. The molecule has 0 atom stereocenters. The molecule has 0 saturated carbocycles. The SMILES string of the molecule is Cc1[nH]c2ccc(-c3ccc(N(C)C)cc3)c(-c3ccc(N(C)C)cc3)c2c1C. The molecule has 0 saturated heterocycles. The molecule has 0 amide bonds. The molecule has 3 nitrogen and oxygen atoms in total. The van der Waals surface area contributed by atoms with Gasteiger partial charge in [0.2, 0.25) is 0 Å². The summed E-state index contributed by atoms with van der Waals surface area (Å²) in [6.45, 7) is 4.37. The quantitative estimate of drug-likeness (QED) is 0.450. The van der Waals surface area contributed by atoms with Gasteiger partial charge in [0.15, 0.2) is 0 Å². The standard InChI is InChI=1S/C26H29N3/c1-17-18(2)27-24-16-15-23(19-7-11-21(12-8-19)28(3)4)26(25(17)24)20-9-13-22(14-10-20)29(5)6/h7-16,27H,1-6H3. The Morgan fingerprint density at radius 3 is 1.66 bits per heavy atom. The topological polar surface area (TPSA) is 22.3 Å². The lowest BCUT2D eigenvalue weighted by molar-refractivity contribution is 1.13. The van der Waals surface area contributed by atoms with Gasteiger partial charge < -0.3 is 14.8 Å². The summed E-state index contributed by atoms with van der Waals surface area (Å²) in [5.41, 5.74) is 11.2. The molecule has 1 aromatic heterocycles. The molecule has 0 aliphatic heterocycles. The van der Waals surface area contributed by atoms with Crippen molar-refractivity contribution >= 4 is 22.3 Å². The monoisotopic (exact) mass is 383 g/mol. The van der Waals surface area contributed by atoms with Crippen LogP contribution in [0.2, 0.25) is 0 Å². The van der Waals surface area contributed by atoms with Crippen molar-refractivity contribution in [3.05, 3.63) is 71.9 Å². The maximum Gasteiger partial charge on any atom is 0.0465 e. The number of nitrogens with zero attached hydrogens (tertiary/aromatic N) is 2. The van der Waals surface area contributed by atoms with Crippen molar-refractivity contribution in [3.8, 4) is 22.3 Å². The van der Waals surface area contributed by atoms with Crippen molar-refractivity contribution in [3.63, 3.8) is 0 Å². The van der Waals surface area contributed by atoms with E-state index in [-0.39, 0.29) is 0 Å². The zero-order chi connectivity index (χ0) is 20.7. The highest BCUT2D eigenvalue weighted by Crippen LogP contribution is 2.41. The molecule has 1 N–H and O–H groups in total. The molecular weight excluding hydrogens is 354 g/mol. The summed E-state index contributed by atoms with van der Waals surface area (Å²) in [7, 11) is 8.30. The number of anilines is 2. The van der Waals surface area contributed by atoms with Crippen LogP contribution in [-0.4, -0.2) is 33.2 Å². The lowest BCUT2D eigenvalue weighted by Crippen LogP contribution is -2.08. The van der Waals surface area contributed by atoms with E-state index in [0.29, 0.717) is 0 Å². The molecule has 3 heteroatoms. The van der Waals surface area contributed by atoms with E-state index in [4.69, 9.17) is 0 Å². The first-order chi connectivity index (χ1) is 13.9. The third-order valence-corrected chi connectivity index (χ3v) is 5.83. The van der Waals surface area contributed by atoms with Crippen LogP contribution in [0, 0.1) is 13.8 Å². The number of fused-ring (bicyclic) bond motifs is 1. The number of aromatic amines is 1. The summed E-state index contributed by atoms with van der Waals surface area (Å²) in [5, 5.41) is 1.31. The molecule has 3 aromatic carbocycles. The third kappa shape index (κ3) is 3.38. The predicted octanol–water partition coefficient (Wildman–Crippen LogP) is 6.25. The molecule has 4 aromatic rings. The fraction of sp³-hybridized carbons (Fsp3) is 0.231. The molecule has 0 fully saturated rings. The van der Waals surface area contributed by atoms with E-state index in [1.165, 1.54) is 55.8 Å². The van der Waals surface area contributed by atoms with Crippen LogP contribution in [0.15, 0.2) is 60.7 Å². The zero-order valence-corrected chi connectivity index (χ0v) is 18.2. The van der Waals surface area contributed by atoms with Crippen molar-refractivity contribution in [1.82, 2.24) is 4.98 Å². The maximum absolute atomic E-state index is 3.55. The van der Waals surface area contributed by atoms with E-state index in [2.05, 4.69) is 117 Å². The average Bonchev–Trinajstić information content (AvgIpc) is 3.01. The normalized spacial score (nSPS) is 11.1. The number of aromatic nitrogens is 1. The molecule has 0 spiro atoms. The molecule has 0 radical (unpaired) electrons. The highest BCUT2D eigenvalue weighted by molar-refractivity contribution is 6.05. The van der Waals surface area contributed by atoms with Gasteiger partial charge in [0.1, 0.15) is 0 Å². The Hall–Kier alpha value is -3.20. The fourth-order valence-corrected chi connectivity index (χ4v) is 3.99. The largest absolute Gasteiger partial charge is 0.378 e. The van der Waals surface area contributed by atoms with Crippen LogP contribution in [0.3, 0.4) is 0 Å². The molecule has 0 aliphatic rings. The zero-order valence-electron chi connectivity index (χ0n) is 18.2. The summed E-state index contributed by atoms with van der Waals surface area (Å²) in [6.07, 6.45) is 0.